The highest BCUT2D eigenvalue weighted by atomic mass is 16.2. The summed E-state index contributed by atoms with van der Waals surface area (Å²) in [7, 11) is 0. The van der Waals surface area contributed by atoms with Crippen LogP contribution in [0.3, 0.4) is 0 Å². The first-order chi connectivity index (χ1) is 14.0. The number of nitrogens with one attached hydrogen (secondary N) is 1. The molecule has 0 aliphatic heterocycles. The number of carbonyl (C=O) groups excluding carboxylic acids is 2. The SMILES string of the molecule is CCN(CC)C(=O)c1cnn(-c2ccccc2)c1NC(=O)c1ccc(C)c(C)c1. The Bertz CT molecular complexity index is 1020. The zero-order valence-corrected chi connectivity index (χ0v) is 17.3. The third-order valence-electron chi connectivity index (χ3n) is 5.05. The predicted octanol–water partition coefficient (Wildman–Crippen LogP) is 4.22. The molecule has 0 spiro atoms. The molecule has 3 aromatic rings. The molecule has 0 saturated heterocycles. The average Bonchev–Trinajstić information content (AvgIpc) is 3.14. The number of amides is 2. The van der Waals surface area contributed by atoms with E-state index in [1.54, 1.807) is 15.6 Å². The van der Waals surface area contributed by atoms with Crippen LogP contribution in [0.5, 0.6) is 0 Å². The molecule has 150 valence electrons. The van der Waals surface area contributed by atoms with Crippen LogP contribution in [0, 0.1) is 13.8 Å². The molecule has 0 aliphatic carbocycles. The highest BCUT2D eigenvalue weighted by Gasteiger charge is 2.24. The largest absolute Gasteiger partial charge is 0.339 e. The maximum Gasteiger partial charge on any atom is 0.259 e. The van der Waals surface area contributed by atoms with Crippen molar-refractivity contribution in [3.05, 3.63) is 77.0 Å². The van der Waals surface area contributed by atoms with Crippen molar-refractivity contribution in [1.29, 1.82) is 0 Å². The van der Waals surface area contributed by atoms with E-state index >= 15 is 0 Å². The molecule has 29 heavy (non-hydrogen) atoms. The molecule has 0 fully saturated rings. The summed E-state index contributed by atoms with van der Waals surface area (Å²) in [5.74, 6) is -0.0664. The third kappa shape index (κ3) is 4.21. The van der Waals surface area contributed by atoms with E-state index in [1.807, 2.05) is 70.2 Å². The summed E-state index contributed by atoms with van der Waals surface area (Å²) >= 11 is 0. The van der Waals surface area contributed by atoms with Crippen molar-refractivity contribution in [3.63, 3.8) is 0 Å². The molecule has 6 heteroatoms. The number of benzene rings is 2. The quantitative estimate of drug-likeness (QED) is 0.685. The van der Waals surface area contributed by atoms with Gasteiger partial charge in [-0.15, -0.1) is 0 Å². The van der Waals surface area contributed by atoms with Crippen molar-refractivity contribution in [2.45, 2.75) is 27.7 Å². The van der Waals surface area contributed by atoms with Gasteiger partial charge in [-0.3, -0.25) is 9.59 Å². The summed E-state index contributed by atoms with van der Waals surface area (Å²) in [6.45, 7) is 8.98. The van der Waals surface area contributed by atoms with Gasteiger partial charge in [0.15, 0.2) is 0 Å². The van der Waals surface area contributed by atoms with Crippen LogP contribution >= 0.6 is 0 Å². The van der Waals surface area contributed by atoms with Crippen LogP contribution in [0.15, 0.2) is 54.7 Å². The molecule has 0 radical (unpaired) electrons. The summed E-state index contributed by atoms with van der Waals surface area (Å²) in [5, 5.41) is 7.31. The molecule has 2 aromatic carbocycles. The molecule has 1 aromatic heterocycles. The summed E-state index contributed by atoms with van der Waals surface area (Å²) in [4.78, 5) is 27.7. The minimum absolute atomic E-state index is 0.160. The van der Waals surface area contributed by atoms with Crippen LogP contribution in [-0.4, -0.2) is 39.6 Å². The van der Waals surface area contributed by atoms with E-state index in [0.29, 0.717) is 30.0 Å². The van der Waals surface area contributed by atoms with Gasteiger partial charge in [0, 0.05) is 18.7 Å². The van der Waals surface area contributed by atoms with Crippen molar-refractivity contribution in [2.24, 2.45) is 0 Å². The topological polar surface area (TPSA) is 67.2 Å². The molecule has 0 unspecified atom stereocenters. The van der Waals surface area contributed by atoms with Crippen molar-refractivity contribution in [2.75, 3.05) is 18.4 Å². The summed E-state index contributed by atoms with van der Waals surface area (Å²) < 4.78 is 1.59. The van der Waals surface area contributed by atoms with Gasteiger partial charge in [-0.05, 0) is 63.1 Å². The van der Waals surface area contributed by atoms with Gasteiger partial charge in [0.05, 0.1) is 11.9 Å². The fourth-order valence-corrected chi connectivity index (χ4v) is 3.13. The lowest BCUT2D eigenvalue weighted by molar-refractivity contribution is 0.0774. The molecule has 2 amide bonds. The first kappa shape index (κ1) is 20.3. The number of hydrogen-bond acceptors (Lipinski definition) is 3. The van der Waals surface area contributed by atoms with Crippen molar-refractivity contribution in [3.8, 4) is 5.69 Å². The maximum absolute atomic E-state index is 13.0. The standard InChI is InChI=1S/C23H26N4O2/c1-5-26(6-2)23(29)20-15-24-27(19-10-8-7-9-11-19)21(20)25-22(28)18-13-12-16(3)17(4)14-18/h7-15H,5-6H2,1-4H3,(H,25,28). The highest BCUT2D eigenvalue weighted by molar-refractivity contribution is 6.08. The minimum Gasteiger partial charge on any atom is -0.339 e. The zero-order valence-electron chi connectivity index (χ0n) is 17.3. The van der Waals surface area contributed by atoms with Gasteiger partial charge in [0.1, 0.15) is 11.4 Å². The zero-order chi connectivity index (χ0) is 21.0. The molecule has 1 heterocycles. The predicted molar refractivity (Wildman–Crippen MR) is 115 cm³/mol. The van der Waals surface area contributed by atoms with E-state index in [9.17, 15) is 9.59 Å². The minimum atomic E-state index is -0.278. The Hall–Kier alpha value is -3.41. The van der Waals surface area contributed by atoms with Crippen LogP contribution in [0.25, 0.3) is 5.69 Å². The van der Waals surface area contributed by atoms with Crippen molar-refractivity contribution in [1.82, 2.24) is 14.7 Å². The Morgan fingerprint density at radius 2 is 1.69 bits per heavy atom. The second kappa shape index (κ2) is 8.73. The average molecular weight is 390 g/mol. The van der Waals surface area contributed by atoms with Gasteiger partial charge in [0.25, 0.3) is 11.8 Å². The second-order valence-electron chi connectivity index (χ2n) is 6.88. The lowest BCUT2D eigenvalue weighted by atomic mass is 10.1. The van der Waals surface area contributed by atoms with Crippen molar-refractivity contribution >= 4 is 17.6 Å². The number of hydrogen-bond donors (Lipinski definition) is 1. The second-order valence-corrected chi connectivity index (χ2v) is 6.88. The van der Waals surface area contributed by atoms with Gasteiger partial charge < -0.3 is 10.2 Å². The smallest absolute Gasteiger partial charge is 0.259 e. The van der Waals surface area contributed by atoms with Crippen LogP contribution in [0.4, 0.5) is 5.82 Å². The number of carbonyl (C=O) groups is 2. The van der Waals surface area contributed by atoms with E-state index in [1.165, 1.54) is 6.20 Å². The van der Waals surface area contributed by atoms with Gasteiger partial charge in [-0.1, -0.05) is 24.3 Å². The molecule has 3 rings (SSSR count). The normalized spacial score (nSPS) is 10.6. The van der Waals surface area contributed by atoms with Gasteiger partial charge in [-0.25, -0.2) is 4.68 Å². The van der Waals surface area contributed by atoms with Crippen LogP contribution < -0.4 is 5.32 Å². The fourth-order valence-electron chi connectivity index (χ4n) is 3.13. The Kier molecular flexibility index (Phi) is 6.12. The first-order valence-corrected chi connectivity index (χ1v) is 9.77. The van der Waals surface area contributed by atoms with E-state index in [0.717, 1.165) is 16.8 Å². The molecular weight excluding hydrogens is 364 g/mol. The number of aryl methyl sites for hydroxylation is 2. The van der Waals surface area contributed by atoms with Gasteiger partial charge >= 0.3 is 0 Å². The molecule has 0 atom stereocenters. The number of anilines is 1. The summed E-state index contributed by atoms with van der Waals surface area (Å²) in [5.41, 5.74) is 3.83. The van der Waals surface area contributed by atoms with Crippen LogP contribution in [0.2, 0.25) is 0 Å². The van der Waals surface area contributed by atoms with E-state index in [-0.39, 0.29) is 11.8 Å². The Morgan fingerprint density at radius 1 is 1.00 bits per heavy atom. The number of rotatable bonds is 6. The van der Waals surface area contributed by atoms with E-state index in [4.69, 9.17) is 0 Å². The Labute approximate surface area is 171 Å². The number of aromatic nitrogens is 2. The highest BCUT2D eigenvalue weighted by Crippen LogP contribution is 2.23. The van der Waals surface area contributed by atoms with Crippen LogP contribution in [-0.2, 0) is 0 Å². The molecule has 0 aliphatic rings. The van der Waals surface area contributed by atoms with Crippen molar-refractivity contribution < 1.29 is 9.59 Å². The summed E-state index contributed by atoms with van der Waals surface area (Å²) in [6, 6.07) is 15.0. The Morgan fingerprint density at radius 3 is 2.31 bits per heavy atom. The molecule has 1 N–H and O–H groups in total. The van der Waals surface area contributed by atoms with Gasteiger partial charge in [0.2, 0.25) is 0 Å². The first-order valence-electron chi connectivity index (χ1n) is 9.77. The fraction of sp³-hybridized carbons (Fsp3) is 0.261. The maximum atomic E-state index is 13.0. The third-order valence-corrected chi connectivity index (χ3v) is 5.05. The van der Waals surface area contributed by atoms with E-state index < -0.39 is 0 Å². The number of para-hydroxylation sites is 1. The van der Waals surface area contributed by atoms with Gasteiger partial charge in [-0.2, -0.15) is 5.10 Å². The Balaban J connectivity index is 2.04. The van der Waals surface area contributed by atoms with E-state index in [2.05, 4.69) is 10.4 Å². The van der Waals surface area contributed by atoms with Crippen LogP contribution in [0.1, 0.15) is 45.7 Å². The molecule has 6 nitrogen and oxygen atoms in total. The molecule has 0 bridgehead atoms. The molecule has 0 saturated carbocycles. The lowest BCUT2D eigenvalue weighted by Crippen LogP contribution is -2.31. The monoisotopic (exact) mass is 390 g/mol. The summed E-state index contributed by atoms with van der Waals surface area (Å²) in [6.07, 6.45) is 1.52. The molecular formula is C23H26N4O2. The lowest BCUT2D eigenvalue weighted by Gasteiger charge is -2.19. The number of nitrogens with zero attached hydrogens (tertiary/aromatic N) is 3.